The van der Waals surface area contributed by atoms with Crippen LogP contribution in [0.2, 0.25) is 0 Å². The maximum absolute atomic E-state index is 13.0. The molecule has 2 aliphatic rings. The van der Waals surface area contributed by atoms with Crippen LogP contribution in [0.3, 0.4) is 0 Å². The van der Waals surface area contributed by atoms with E-state index in [4.69, 9.17) is 9.72 Å². The Bertz CT molecular complexity index is 1450. The van der Waals surface area contributed by atoms with E-state index >= 15 is 0 Å². The molecule has 2 fully saturated rings. The number of nitrogens with zero attached hydrogens (tertiary/aromatic N) is 5. The molecule has 5 heterocycles. The molecule has 0 bridgehead atoms. The Labute approximate surface area is 207 Å². The van der Waals surface area contributed by atoms with Crippen LogP contribution in [-0.2, 0) is 17.3 Å². The van der Waals surface area contributed by atoms with Crippen LogP contribution in [0, 0.1) is 11.3 Å². The molecule has 11 heteroatoms. The van der Waals surface area contributed by atoms with Crippen molar-refractivity contribution >= 4 is 30.5 Å². The summed E-state index contributed by atoms with van der Waals surface area (Å²) in [6, 6.07) is 8.32. The Balaban J connectivity index is 0.000000828. The van der Waals surface area contributed by atoms with Crippen LogP contribution >= 0.6 is 8.58 Å². The minimum absolute atomic E-state index is 0.000852. The fourth-order valence-electron chi connectivity index (χ4n) is 4.52. The lowest BCUT2D eigenvalue weighted by molar-refractivity contribution is -0.155. The maximum Gasteiger partial charge on any atom is 0.452 e. The first-order valence-corrected chi connectivity index (χ1v) is 13.1. The van der Waals surface area contributed by atoms with Gasteiger partial charge in [-0.25, -0.2) is 4.98 Å². The molecule has 36 heavy (non-hydrogen) atoms. The highest BCUT2D eigenvalue weighted by Gasteiger charge is 2.37. The van der Waals surface area contributed by atoms with Crippen molar-refractivity contribution in [1.29, 1.82) is 5.26 Å². The normalized spacial score (nSPS) is 19.1. The van der Waals surface area contributed by atoms with E-state index in [-0.39, 0.29) is 23.8 Å². The van der Waals surface area contributed by atoms with E-state index in [0.29, 0.717) is 35.4 Å². The molecule has 1 aromatic carbocycles. The average Bonchev–Trinajstić information content (AvgIpc) is 3.55. The molecule has 0 spiro atoms. The number of halogens is 3. The lowest BCUT2D eigenvalue weighted by atomic mass is 9.93. The predicted octanol–water partition coefficient (Wildman–Crippen LogP) is 5.86. The highest BCUT2D eigenvalue weighted by Crippen LogP contribution is 2.38. The van der Waals surface area contributed by atoms with E-state index < -0.39 is 11.9 Å². The summed E-state index contributed by atoms with van der Waals surface area (Å²) in [6.07, 6.45) is 1.57. The third-order valence-electron chi connectivity index (χ3n) is 6.18. The smallest absolute Gasteiger partial charge is 0.375 e. The van der Waals surface area contributed by atoms with Gasteiger partial charge in [0.15, 0.2) is 0 Å². The lowest BCUT2D eigenvalue weighted by Gasteiger charge is -2.37. The first-order valence-electron chi connectivity index (χ1n) is 11.7. The number of ether oxygens (including phenoxy) is 1. The molecule has 6 rings (SSSR count). The molecule has 0 aliphatic carbocycles. The third kappa shape index (κ3) is 5.23. The second-order valence-corrected chi connectivity index (χ2v) is 11.1. The van der Waals surface area contributed by atoms with Gasteiger partial charge in [-0.2, -0.15) is 18.4 Å². The molecule has 2 saturated heterocycles. The van der Waals surface area contributed by atoms with Gasteiger partial charge in [0.1, 0.15) is 11.3 Å². The van der Waals surface area contributed by atoms with Crippen LogP contribution < -0.4 is 0 Å². The van der Waals surface area contributed by atoms with Crippen LogP contribution in [-0.4, -0.2) is 44.2 Å². The van der Waals surface area contributed by atoms with Crippen molar-refractivity contribution in [3.63, 3.8) is 0 Å². The average molecular weight is 515 g/mol. The standard InChI is InChI=1S/C23H20F3N5O2.C2H5P/c1-22(2)10-15(5-6-32-22)31-20(9-14-8-19(33-30-14)23(24,25)26)29-18-12-28-17-4-3-13(11-27)7-16(17)21(18)31;1-2-3-1/h3-4,7-8,12,15H,5-6,9-10H2,1-2H3;3H,1-2H2. The van der Waals surface area contributed by atoms with Gasteiger partial charge in [-0.05, 0) is 57.2 Å². The van der Waals surface area contributed by atoms with E-state index in [1.807, 2.05) is 13.8 Å². The summed E-state index contributed by atoms with van der Waals surface area (Å²) >= 11 is 0. The molecule has 2 aliphatic heterocycles. The summed E-state index contributed by atoms with van der Waals surface area (Å²) in [6.45, 7) is 4.57. The molecule has 4 aromatic rings. The molecular weight excluding hydrogens is 490 g/mol. The van der Waals surface area contributed by atoms with Gasteiger partial charge in [0.05, 0.1) is 46.6 Å². The molecule has 0 N–H and O–H groups in total. The number of hydrogen-bond donors (Lipinski definition) is 0. The van der Waals surface area contributed by atoms with E-state index in [2.05, 4.69) is 25.3 Å². The zero-order chi connectivity index (χ0) is 25.5. The second-order valence-electron chi connectivity index (χ2n) is 9.60. The quantitative estimate of drug-likeness (QED) is 0.318. The Morgan fingerprint density at radius 1 is 1.22 bits per heavy atom. The largest absolute Gasteiger partial charge is 0.452 e. The Morgan fingerprint density at radius 2 is 2.00 bits per heavy atom. The minimum atomic E-state index is -4.61. The van der Waals surface area contributed by atoms with E-state index in [9.17, 15) is 18.4 Å². The fourth-order valence-corrected chi connectivity index (χ4v) is 4.52. The van der Waals surface area contributed by atoms with Crippen molar-refractivity contribution < 1.29 is 22.4 Å². The first-order chi connectivity index (χ1) is 17.1. The van der Waals surface area contributed by atoms with Crippen molar-refractivity contribution in [2.45, 2.75) is 50.9 Å². The summed E-state index contributed by atoms with van der Waals surface area (Å²) in [5.41, 5.74) is 2.38. The molecule has 3 aromatic heterocycles. The van der Waals surface area contributed by atoms with Crippen LogP contribution in [0.4, 0.5) is 13.2 Å². The van der Waals surface area contributed by atoms with Gasteiger partial charge in [0.2, 0.25) is 5.76 Å². The molecule has 1 unspecified atom stereocenters. The summed E-state index contributed by atoms with van der Waals surface area (Å²) in [7, 11) is 1.33. The summed E-state index contributed by atoms with van der Waals surface area (Å²) < 4.78 is 51.5. The van der Waals surface area contributed by atoms with Gasteiger partial charge in [0, 0.05) is 24.1 Å². The number of hydrogen-bond acceptors (Lipinski definition) is 6. The third-order valence-corrected chi connectivity index (χ3v) is 6.68. The van der Waals surface area contributed by atoms with Crippen molar-refractivity contribution in [3.8, 4) is 6.07 Å². The van der Waals surface area contributed by atoms with Crippen molar-refractivity contribution in [2.24, 2.45) is 0 Å². The van der Waals surface area contributed by atoms with E-state index in [1.165, 1.54) is 20.9 Å². The number of aromatic nitrogens is 4. The Hall–Kier alpha value is -3.02. The monoisotopic (exact) mass is 515 g/mol. The van der Waals surface area contributed by atoms with Crippen LogP contribution in [0.15, 0.2) is 35.0 Å². The minimum Gasteiger partial charge on any atom is -0.375 e. The molecule has 1 atom stereocenters. The SMILES string of the molecule is C1CP1.CC1(C)CC(n2c(Cc3cc(C(F)(F)F)on3)nc3cnc4ccc(C#N)cc4c32)CCO1. The van der Waals surface area contributed by atoms with Crippen LogP contribution in [0.25, 0.3) is 21.9 Å². The van der Waals surface area contributed by atoms with Gasteiger partial charge >= 0.3 is 6.18 Å². The van der Waals surface area contributed by atoms with Gasteiger partial charge in [0.25, 0.3) is 0 Å². The van der Waals surface area contributed by atoms with Crippen LogP contribution in [0.5, 0.6) is 0 Å². The molecule has 7 nitrogen and oxygen atoms in total. The van der Waals surface area contributed by atoms with Gasteiger partial charge in [-0.1, -0.05) is 5.16 Å². The summed E-state index contributed by atoms with van der Waals surface area (Å²) in [4.78, 5) is 9.19. The molecule has 0 radical (unpaired) electrons. The number of fused-ring (bicyclic) bond motifs is 3. The number of alkyl halides is 3. The highest BCUT2D eigenvalue weighted by atomic mass is 31.1. The zero-order valence-electron chi connectivity index (χ0n) is 19.9. The van der Waals surface area contributed by atoms with Crippen molar-refractivity contribution in [1.82, 2.24) is 19.7 Å². The number of pyridine rings is 1. The number of benzene rings is 1. The topological polar surface area (TPSA) is 89.8 Å². The van der Waals surface area contributed by atoms with Crippen molar-refractivity contribution in [3.05, 3.63) is 53.3 Å². The Kier molecular flexibility index (Phi) is 6.48. The Morgan fingerprint density at radius 3 is 2.64 bits per heavy atom. The summed E-state index contributed by atoms with van der Waals surface area (Å²) in [5.74, 6) is -0.579. The first kappa shape index (κ1) is 24.7. The van der Waals surface area contributed by atoms with E-state index in [0.717, 1.165) is 23.4 Å². The molecule has 0 amide bonds. The number of imidazole rings is 1. The van der Waals surface area contributed by atoms with Gasteiger partial charge in [-0.15, -0.1) is 8.58 Å². The molecule has 188 valence electrons. The van der Waals surface area contributed by atoms with Crippen molar-refractivity contribution in [2.75, 3.05) is 18.9 Å². The maximum atomic E-state index is 13.0. The van der Waals surface area contributed by atoms with Gasteiger partial charge < -0.3 is 13.8 Å². The number of nitriles is 1. The van der Waals surface area contributed by atoms with Gasteiger partial charge in [-0.3, -0.25) is 4.98 Å². The predicted molar refractivity (Wildman–Crippen MR) is 130 cm³/mol. The lowest BCUT2D eigenvalue weighted by Crippen LogP contribution is -2.35. The fraction of sp³-hybridized carbons (Fsp3) is 0.440. The van der Waals surface area contributed by atoms with E-state index in [1.54, 1.807) is 24.4 Å². The molecule has 0 saturated carbocycles. The zero-order valence-corrected chi connectivity index (χ0v) is 20.9. The van der Waals surface area contributed by atoms with Crippen LogP contribution in [0.1, 0.15) is 55.6 Å². The highest BCUT2D eigenvalue weighted by molar-refractivity contribution is 7.46. The number of rotatable bonds is 3. The molecular formula is C25H25F3N5O2P. The summed E-state index contributed by atoms with van der Waals surface area (Å²) in [5, 5.41) is 13.8. The second kappa shape index (κ2) is 9.45.